The van der Waals surface area contributed by atoms with Crippen LogP contribution in [0, 0.1) is 11.6 Å². The van der Waals surface area contributed by atoms with E-state index in [1.807, 2.05) is 36.4 Å². The number of benzene rings is 10. The Morgan fingerprint density at radius 2 is 0.609 bits per heavy atom. The Morgan fingerprint density at radius 3 is 1.03 bits per heavy atom. The van der Waals surface area contributed by atoms with Gasteiger partial charge in [-0.1, -0.05) is 97.1 Å². The zero-order valence-corrected chi connectivity index (χ0v) is 34.5. The van der Waals surface area contributed by atoms with Crippen LogP contribution in [0.1, 0.15) is 0 Å². The van der Waals surface area contributed by atoms with E-state index in [1.54, 1.807) is 0 Å². The molecule has 12 rings (SSSR count). The maximum atomic E-state index is 14.7. The molecule has 12 aromatic rings. The van der Waals surface area contributed by atoms with E-state index in [1.165, 1.54) is 24.3 Å². The van der Waals surface area contributed by atoms with E-state index in [4.69, 9.17) is 0 Å². The monoisotopic (exact) mass is 828 g/mol. The van der Waals surface area contributed by atoms with Crippen molar-refractivity contribution in [1.29, 1.82) is 0 Å². The molecule has 0 N–H and O–H groups in total. The van der Waals surface area contributed by atoms with Gasteiger partial charge in [0.2, 0.25) is 0 Å². The molecule has 0 saturated heterocycles. The fourth-order valence-corrected chi connectivity index (χ4v) is 9.61. The summed E-state index contributed by atoms with van der Waals surface area (Å²) in [6, 6.07) is 77.1. The lowest BCUT2D eigenvalue weighted by molar-refractivity contribution is 0.627. The number of halogens is 2. The van der Waals surface area contributed by atoms with E-state index in [0.717, 1.165) is 99.9 Å². The van der Waals surface area contributed by atoms with Crippen molar-refractivity contribution in [2.75, 3.05) is 9.80 Å². The first-order valence-electron chi connectivity index (χ1n) is 21.4. The molecule has 0 unspecified atom stereocenters. The lowest BCUT2D eigenvalue weighted by atomic mass is 10.0. The number of aromatic nitrogens is 2. The summed E-state index contributed by atoms with van der Waals surface area (Å²) in [6.45, 7) is 0. The summed E-state index contributed by atoms with van der Waals surface area (Å²) in [7, 11) is 0. The molecular weight excluding hydrogens is 791 g/mol. The third-order valence-corrected chi connectivity index (χ3v) is 12.4. The highest BCUT2D eigenvalue weighted by atomic mass is 19.1. The fourth-order valence-electron chi connectivity index (χ4n) is 9.61. The Kier molecular flexibility index (Phi) is 8.83. The van der Waals surface area contributed by atoms with Gasteiger partial charge in [-0.3, -0.25) is 0 Å². The molecule has 0 radical (unpaired) electrons. The van der Waals surface area contributed by atoms with Crippen LogP contribution >= 0.6 is 0 Å². The summed E-state index contributed by atoms with van der Waals surface area (Å²) in [5.74, 6) is -0.604. The predicted octanol–water partition coefficient (Wildman–Crippen LogP) is 16.3. The van der Waals surface area contributed by atoms with Gasteiger partial charge in [0.25, 0.3) is 0 Å². The quantitative estimate of drug-likeness (QED) is 0.152. The second-order valence-corrected chi connectivity index (χ2v) is 16.1. The molecule has 0 aliphatic carbocycles. The molecule has 6 heteroatoms. The molecule has 0 spiro atoms. The third-order valence-electron chi connectivity index (χ3n) is 12.4. The first kappa shape index (κ1) is 37.3. The van der Waals surface area contributed by atoms with Crippen LogP contribution in [0.4, 0.5) is 42.9 Å². The molecule has 0 bridgehead atoms. The van der Waals surface area contributed by atoms with E-state index < -0.39 is 0 Å². The van der Waals surface area contributed by atoms with Crippen LogP contribution in [-0.4, -0.2) is 9.13 Å². The molecule has 10 aromatic carbocycles. The molecule has 2 aromatic heterocycles. The maximum absolute atomic E-state index is 14.7. The summed E-state index contributed by atoms with van der Waals surface area (Å²) in [5.41, 5.74) is 12.0. The third kappa shape index (κ3) is 6.10. The van der Waals surface area contributed by atoms with Crippen molar-refractivity contribution in [2.45, 2.75) is 0 Å². The van der Waals surface area contributed by atoms with Gasteiger partial charge in [0.15, 0.2) is 0 Å². The Hall–Kier alpha value is -8.48. The molecule has 0 aliphatic heterocycles. The Balaban J connectivity index is 1.07. The van der Waals surface area contributed by atoms with E-state index in [2.05, 4.69) is 189 Å². The van der Waals surface area contributed by atoms with Gasteiger partial charge < -0.3 is 18.9 Å². The van der Waals surface area contributed by atoms with Crippen molar-refractivity contribution < 1.29 is 8.78 Å². The van der Waals surface area contributed by atoms with Crippen molar-refractivity contribution in [2.24, 2.45) is 0 Å². The second kappa shape index (κ2) is 15.2. The topological polar surface area (TPSA) is 16.3 Å². The van der Waals surface area contributed by atoms with E-state index in [0.29, 0.717) is 0 Å². The first-order valence-corrected chi connectivity index (χ1v) is 21.4. The zero-order valence-electron chi connectivity index (χ0n) is 34.5. The number of hydrogen-bond acceptors (Lipinski definition) is 2. The van der Waals surface area contributed by atoms with Gasteiger partial charge in [0, 0.05) is 66.4 Å². The molecule has 304 valence electrons. The summed E-state index contributed by atoms with van der Waals surface area (Å²) in [4.78, 5) is 4.43. The molecule has 0 amide bonds. The van der Waals surface area contributed by atoms with Gasteiger partial charge in [-0.2, -0.15) is 0 Å². The smallest absolute Gasteiger partial charge is 0.123 e. The minimum atomic E-state index is -0.302. The molecule has 0 aliphatic rings. The van der Waals surface area contributed by atoms with E-state index >= 15 is 0 Å². The highest BCUT2D eigenvalue weighted by Crippen LogP contribution is 2.47. The van der Waals surface area contributed by atoms with Gasteiger partial charge >= 0.3 is 0 Å². The van der Waals surface area contributed by atoms with Crippen LogP contribution in [0.25, 0.3) is 65.8 Å². The van der Waals surface area contributed by atoms with E-state index in [9.17, 15) is 8.78 Å². The number of hydrogen-bond donors (Lipinski definition) is 0. The Bertz CT molecular complexity index is 3440. The molecule has 64 heavy (non-hydrogen) atoms. The molecular formula is C58H38F2N4. The van der Waals surface area contributed by atoms with Crippen LogP contribution in [0.2, 0.25) is 0 Å². The van der Waals surface area contributed by atoms with Crippen molar-refractivity contribution in [3.8, 4) is 11.4 Å². The summed E-state index contributed by atoms with van der Waals surface area (Å²) in [6.07, 6.45) is 0. The number of anilines is 6. The molecule has 4 nitrogen and oxygen atoms in total. The average Bonchev–Trinajstić information content (AvgIpc) is 3.86. The van der Waals surface area contributed by atoms with Gasteiger partial charge in [-0.05, 0) is 133 Å². The minimum Gasteiger partial charge on any atom is -0.310 e. The maximum Gasteiger partial charge on any atom is 0.123 e. The second-order valence-electron chi connectivity index (χ2n) is 16.1. The van der Waals surface area contributed by atoms with Crippen LogP contribution < -0.4 is 9.80 Å². The Labute approximate surface area is 368 Å². The minimum absolute atomic E-state index is 0.302. The van der Waals surface area contributed by atoms with Crippen LogP contribution in [0.15, 0.2) is 231 Å². The SMILES string of the molecule is Fc1ccc(N(c2ccc3c(c2)c2ccccc2n3-c2ccccc2)c2cccc3c(N(c4ccc(F)cc4)c4ccc5c(c4)c4ccccc4n5-c4ccccc4)cccc23)cc1. The highest BCUT2D eigenvalue weighted by Gasteiger charge is 2.23. The lowest BCUT2D eigenvalue weighted by Gasteiger charge is -2.30. The summed E-state index contributed by atoms with van der Waals surface area (Å²) >= 11 is 0. The molecule has 0 atom stereocenters. The van der Waals surface area contributed by atoms with Crippen molar-refractivity contribution >= 4 is 88.5 Å². The standard InChI is InChI=1S/C58H38F2N4/c59-39-25-29-43(30-26-39)61(45-33-35-57-51(37-45)49-17-7-9-21-55(49)63(57)41-13-3-1-4-14-41)53-23-11-20-48-47(53)19-12-24-54(48)62(44-31-27-40(60)28-32-44)46-34-36-58-52(38-46)50-18-8-10-22-56(50)64(58)42-15-5-2-6-16-42/h1-38H. The zero-order chi connectivity index (χ0) is 42.7. The highest BCUT2D eigenvalue weighted by molar-refractivity contribution is 6.13. The number of fused-ring (bicyclic) bond motifs is 7. The Morgan fingerprint density at radius 1 is 0.266 bits per heavy atom. The van der Waals surface area contributed by atoms with Gasteiger partial charge in [0.1, 0.15) is 11.6 Å². The first-order chi connectivity index (χ1) is 31.6. The van der Waals surface area contributed by atoms with Crippen LogP contribution in [0.5, 0.6) is 0 Å². The molecule has 0 saturated carbocycles. The number of para-hydroxylation sites is 4. The van der Waals surface area contributed by atoms with Gasteiger partial charge in [-0.25, -0.2) is 8.78 Å². The van der Waals surface area contributed by atoms with E-state index in [-0.39, 0.29) is 11.6 Å². The van der Waals surface area contributed by atoms with Crippen LogP contribution in [0.3, 0.4) is 0 Å². The normalized spacial score (nSPS) is 11.6. The number of rotatable bonds is 8. The lowest BCUT2D eigenvalue weighted by Crippen LogP contribution is -2.12. The fraction of sp³-hybridized carbons (Fsp3) is 0. The summed E-state index contributed by atoms with van der Waals surface area (Å²) in [5, 5.41) is 6.48. The van der Waals surface area contributed by atoms with Crippen molar-refractivity contribution in [3.63, 3.8) is 0 Å². The van der Waals surface area contributed by atoms with Crippen molar-refractivity contribution in [1.82, 2.24) is 9.13 Å². The van der Waals surface area contributed by atoms with Crippen molar-refractivity contribution in [3.05, 3.63) is 242 Å². The predicted molar refractivity (Wildman–Crippen MR) is 262 cm³/mol. The van der Waals surface area contributed by atoms with Gasteiger partial charge in [-0.15, -0.1) is 0 Å². The van der Waals surface area contributed by atoms with Crippen LogP contribution in [-0.2, 0) is 0 Å². The molecule has 2 heterocycles. The van der Waals surface area contributed by atoms with Gasteiger partial charge in [0.05, 0.1) is 33.4 Å². The largest absolute Gasteiger partial charge is 0.310 e. The molecule has 0 fully saturated rings. The summed E-state index contributed by atoms with van der Waals surface area (Å²) < 4.78 is 33.9. The average molecular weight is 829 g/mol. The number of nitrogens with zero attached hydrogens (tertiary/aromatic N) is 4.